The molecule has 0 fully saturated rings. The van der Waals surface area contributed by atoms with Gasteiger partial charge in [-0.15, -0.1) is 10.2 Å². The van der Waals surface area contributed by atoms with E-state index in [-0.39, 0.29) is 5.91 Å². The molecule has 0 bridgehead atoms. The van der Waals surface area contributed by atoms with Crippen molar-refractivity contribution in [3.05, 3.63) is 35.9 Å². The summed E-state index contributed by atoms with van der Waals surface area (Å²) in [7, 11) is 0. The minimum absolute atomic E-state index is 0.0265. The van der Waals surface area contributed by atoms with Gasteiger partial charge in [-0.2, -0.15) is 0 Å². The number of unbranched alkanes of at least 4 members (excludes halogenated alkanes) is 1. The molecule has 2 aromatic rings. The summed E-state index contributed by atoms with van der Waals surface area (Å²) in [5.74, 6) is 1.03. The van der Waals surface area contributed by atoms with Gasteiger partial charge in [0, 0.05) is 12.2 Å². The van der Waals surface area contributed by atoms with E-state index >= 15 is 0 Å². The second kappa shape index (κ2) is 9.58. The average Bonchev–Trinajstić information content (AvgIpc) is 2.98. The van der Waals surface area contributed by atoms with Gasteiger partial charge in [0.2, 0.25) is 11.0 Å². The molecule has 0 atom stereocenters. The molecule has 0 unspecified atom stereocenters. The molecule has 22 heavy (non-hydrogen) atoms. The topological polar surface area (TPSA) is 54.9 Å². The number of aryl methyl sites for hydroxylation is 1. The van der Waals surface area contributed by atoms with Gasteiger partial charge in [0.05, 0.1) is 0 Å². The second-order valence-electron chi connectivity index (χ2n) is 4.96. The number of nitrogens with zero attached hydrogens (tertiary/aromatic N) is 2. The van der Waals surface area contributed by atoms with E-state index in [0.717, 1.165) is 35.8 Å². The fourth-order valence-corrected chi connectivity index (χ4v) is 3.70. The molecule has 1 aromatic carbocycles. The Morgan fingerprint density at radius 1 is 1.23 bits per heavy atom. The van der Waals surface area contributed by atoms with Crippen LogP contribution < -0.4 is 5.32 Å². The Bertz CT molecular complexity index is 572. The quantitative estimate of drug-likeness (QED) is 0.419. The molecule has 0 aliphatic rings. The normalized spacial score (nSPS) is 10.6. The number of aromatic nitrogens is 2. The molecule has 0 aliphatic heterocycles. The maximum Gasteiger partial charge on any atom is 0.226 e. The summed E-state index contributed by atoms with van der Waals surface area (Å²) in [4.78, 5) is 11.6. The first-order valence-electron chi connectivity index (χ1n) is 7.58. The molecular formula is C16H21N3OS2. The van der Waals surface area contributed by atoms with Gasteiger partial charge in [0.25, 0.3) is 0 Å². The SMILES string of the molecule is CCCCC(=O)Nc1nnc(SCCCc2ccccc2)s1. The van der Waals surface area contributed by atoms with E-state index in [1.807, 2.05) is 6.07 Å². The third-order valence-corrected chi connectivity index (χ3v) is 5.15. The number of rotatable bonds is 9. The van der Waals surface area contributed by atoms with E-state index in [1.165, 1.54) is 16.9 Å². The zero-order chi connectivity index (χ0) is 15.6. The first-order valence-corrected chi connectivity index (χ1v) is 9.38. The van der Waals surface area contributed by atoms with Crippen LogP contribution in [-0.2, 0) is 11.2 Å². The van der Waals surface area contributed by atoms with Crippen LogP contribution in [0.1, 0.15) is 38.2 Å². The van der Waals surface area contributed by atoms with Crippen LogP contribution in [0.15, 0.2) is 34.7 Å². The lowest BCUT2D eigenvalue weighted by Crippen LogP contribution is -2.10. The zero-order valence-electron chi connectivity index (χ0n) is 12.7. The Morgan fingerprint density at radius 3 is 2.82 bits per heavy atom. The fraction of sp³-hybridized carbons (Fsp3) is 0.438. The van der Waals surface area contributed by atoms with Gasteiger partial charge in [-0.1, -0.05) is 66.8 Å². The Hall–Kier alpha value is -1.40. The first-order chi connectivity index (χ1) is 10.8. The summed E-state index contributed by atoms with van der Waals surface area (Å²) in [5.41, 5.74) is 1.37. The number of carbonyl (C=O) groups is 1. The number of nitrogens with one attached hydrogen (secondary N) is 1. The van der Waals surface area contributed by atoms with Gasteiger partial charge in [0.15, 0.2) is 4.34 Å². The van der Waals surface area contributed by atoms with Crippen LogP contribution in [0.3, 0.4) is 0 Å². The molecule has 1 N–H and O–H groups in total. The highest BCUT2D eigenvalue weighted by Gasteiger charge is 2.08. The Balaban J connectivity index is 1.67. The van der Waals surface area contributed by atoms with Crippen molar-refractivity contribution in [3.8, 4) is 0 Å². The van der Waals surface area contributed by atoms with E-state index in [4.69, 9.17) is 0 Å². The summed E-state index contributed by atoms with van der Waals surface area (Å²) in [6.07, 6.45) is 4.66. The number of hydrogen-bond acceptors (Lipinski definition) is 5. The van der Waals surface area contributed by atoms with E-state index in [2.05, 4.69) is 46.7 Å². The predicted octanol–water partition coefficient (Wildman–Crippen LogP) is 4.39. The van der Waals surface area contributed by atoms with Crippen LogP contribution in [-0.4, -0.2) is 21.9 Å². The van der Waals surface area contributed by atoms with E-state index in [9.17, 15) is 4.79 Å². The fourth-order valence-electron chi connectivity index (χ4n) is 1.92. The number of hydrogen-bond donors (Lipinski definition) is 1. The summed E-state index contributed by atoms with van der Waals surface area (Å²) < 4.78 is 0.916. The van der Waals surface area contributed by atoms with Gasteiger partial charge in [0.1, 0.15) is 0 Å². The monoisotopic (exact) mass is 335 g/mol. The van der Waals surface area contributed by atoms with Crippen molar-refractivity contribution >= 4 is 34.1 Å². The first kappa shape index (κ1) is 17.0. The van der Waals surface area contributed by atoms with Crippen LogP contribution in [0.2, 0.25) is 0 Å². The van der Waals surface area contributed by atoms with Crippen molar-refractivity contribution in [2.24, 2.45) is 0 Å². The number of carbonyl (C=O) groups excluding carboxylic acids is 1. The summed E-state index contributed by atoms with van der Waals surface area (Å²) in [6, 6.07) is 10.5. The maximum atomic E-state index is 11.6. The molecule has 0 saturated carbocycles. The molecule has 1 heterocycles. The molecule has 0 radical (unpaired) electrons. The molecular weight excluding hydrogens is 314 g/mol. The van der Waals surface area contributed by atoms with Gasteiger partial charge in [-0.25, -0.2) is 0 Å². The smallest absolute Gasteiger partial charge is 0.226 e. The molecule has 4 nitrogen and oxygen atoms in total. The van der Waals surface area contributed by atoms with Crippen molar-refractivity contribution in [2.45, 2.75) is 43.4 Å². The molecule has 0 aliphatic carbocycles. The largest absolute Gasteiger partial charge is 0.301 e. The van der Waals surface area contributed by atoms with Gasteiger partial charge < -0.3 is 5.32 Å². The van der Waals surface area contributed by atoms with Crippen LogP contribution in [0.4, 0.5) is 5.13 Å². The lowest BCUT2D eigenvalue weighted by molar-refractivity contribution is -0.116. The number of amides is 1. The van der Waals surface area contributed by atoms with Gasteiger partial charge in [-0.05, 0) is 24.8 Å². The maximum absolute atomic E-state index is 11.6. The highest BCUT2D eigenvalue weighted by Crippen LogP contribution is 2.26. The molecule has 118 valence electrons. The van der Waals surface area contributed by atoms with Crippen LogP contribution in [0, 0.1) is 0 Å². The van der Waals surface area contributed by atoms with Crippen molar-refractivity contribution in [1.29, 1.82) is 0 Å². The number of thioether (sulfide) groups is 1. The third kappa shape index (κ3) is 6.15. The van der Waals surface area contributed by atoms with Crippen molar-refractivity contribution in [3.63, 3.8) is 0 Å². The van der Waals surface area contributed by atoms with Crippen LogP contribution >= 0.6 is 23.1 Å². The highest BCUT2D eigenvalue weighted by molar-refractivity contribution is 8.01. The van der Waals surface area contributed by atoms with E-state index < -0.39 is 0 Å². The molecule has 2 rings (SSSR count). The number of anilines is 1. The lowest BCUT2D eigenvalue weighted by Gasteiger charge is -1.99. The van der Waals surface area contributed by atoms with Crippen molar-refractivity contribution in [2.75, 3.05) is 11.1 Å². The highest BCUT2D eigenvalue weighted by atomic mass is 32.2. The predicted molar refractivity (Wildman–Crippen MR) is 93.6 cm³/mol. The minimum atomic E-state index is 0.0265. The van der Waals surface area contributed by atoms with E-state index in [0.29, 0.717) is 11.6 Å². The van der Waals surface area contributed by atoms with Crippen LogP contribution in [0.25, 0.3) is 0 Å². The minimum Gasteiger partial charge on any atom is -0.301 e. The molecule has 1 aromatic heterocycles. The van der Waals surface area contributed by atoms with Crippen LogP contribution in [0.5, 0.6) is 0 Å². The second-order valence-corrected chi connectivity index (χ2v) is 7.28. The summed E-state index contributed by atoms with van der Waals surface area (Å²) in [5, 5.41) is 11.5. The van der Waals surface area contributed by atoms with Crippen molar-refractivity contribution in [1.82, 2.24) is 10.2 Å². The summed E-state index contributed by atoms with van der Waals surface area (Å²) in [6.45, 7) is 2.07. The lowest BCUT2D eigenvalue weighted by atomic mass is 10.1. The standard InChI is InChI=1S/C16H21N3OS2/c1-2-3-11-14(20)17-15-18-19-16(22-15)21-12-7-10-13-8-5-4-6-9-13/h4-6,8-9H,2-3,7,10-12H2,1H3,(H,17,18,20). The summed E-state index contributed by atoms with van der Waals surface area (Å²) >= 11 is 3.15. The Labute approximate surface area is 139 Å². The molecule has 1 amide bonds. The molecule has 0 saturated heterocycles. The van der Waals surface area contributed by atoms with Gasteiger partial charge >= 0.3 is 0 Å². The van der Waals surface area contributed by atoms with Gasteiger partial charge in [-0.3, -0.25) is 4.79 Å². The molecule has 6 heteroatoms. The van der Waals surface area contributed by atoms with Crippen molar-refractivity contribution < 1.29 is 4.79 Å². The zero-order valence-corrected chi connectivity index (χ0v) is 14.4. The molecule has 0 spiro atoms. The third-order valence-electron chi connectivity index (χ3n) is 3.09. The number of benzene rings is 1. The average molecular weight is 335 g/mol. The van der Waals surface area contributed by atoms with E-state index in [1.54, 1.807) is 11.8 Å². The Kier molecular flexibility index (Phi) is 7.39. The Morgan fingerprint density at radius 2 is 2.05 bits per heavy atom.